The van der Waals surface area contributed by atoms with Gasteiger partial charge in [-0.3, -0.25) is 4.90 Å². The molecule has 0 aliphatic carbocycles. The van der Waals surface area contributed by atoms with Crippen molar-refractivity contribution in [1.82, 2.24) is 4.90 Å². The molecule has 154 valence electrons. The standard InChI is InChI=1S/C25H24FNO3/c26-22-13-11-19(12-14-22)17-27-16-15-23(18-27)30-24(28)25(29,20-7-3-1-4-8-20)21-9-5-2-6-10-21/h1-14,23,29H,15-18H2/t23-/m1/s1. The summed E-state index contributed by atoms with van der Waals surface area (Å²) in [6, 6.07) is 24.2. The molecular weight excluding hydrogens is 381 g/mol. The summed E-state index contributed by atoms with van der Waals surface area (Å²) in [6.45, 7) is 2.00. The van der Waals surface area contributed by atoms with E-state index >= 15 is 0 Å². The van der Waals surface area contributed by atoms with Gasteiger partial charge in [-0.1, -0.05) is 72.8 Å². The lowest BCUT2D eigenvalue weighted by atomic mass is 9.86. The highest BCUT2D eigenvalue weighted by atomic mass is 19.1. The van der Waals surface area contributed by atoms with Crippen molar-refractivity contribution in [1.29, 1.82) is 0 Å². The lowest BCUT2D eigenvalue weighted by Crippen LogP contribution is -2.41. The monoisotopic (exact) mass is 405 g/mol. The van der Waals surface area contributed by atoms with Gasteiger partial charge in [-0.2, -0.15) is 0 Å². The predicted molar refractivity (Wildman–Crippen MR) is 112 cm³/mol. The van der Waals surface area contributed by atoms with E-state index in [0.717, 1.165) is 12.1 Å². The van der Waals surface area contributed by atoms with Gasteiger partial charge < -0.3 is 9.84 Å². The molecule has 4 rings (SSSR count). The third-order valence-corrected chi connectivity index (χ3v) is 5.50. The lowest BCUT2D eigenvalue weighted by molar-refractivity contribution is -0.167. The molecule has 30 heavy (non-hydrogen) atoms. The van der Waals surface area contributed by atoms with Gasteiger partial charge in [-0.15, -0.1) is 0 Å². The molecule has 0 saturated carbocycles. The van der Waals surface area contributed by atoms with Crippen LogP contribution in [0.4, 0.5) is 4.39 Å². The number of esters is 1. The number of likely N-dealkylation sites (tertiary alicyclic amines) is 1. The molecule has 1 aliphatic heterocycles. The number of hydrogen-bond donors (Lipinski definition) is 1. The first kappa shape index (κ1) is 20.3. The third-order valence-electron chi connectivity index (χ3n) is 5.50. The second-order valence-corrected chi connectivity index (χ2v) is 7.62. The summed E-state index contributed by atoms with van der Waals surface area (Å²) in [5, 5.41) is 11.5. The Hall–Kier alpha value is -3.02. The molecule has 5 heteroatoms. The Morgan fingerprint density at radius 3 is 2.10 bits per heavy atom. The number of nitrogens with zero attached hydrogens (tertiary/aromatic N) is 1. The molecule has 3 aromatic rings. The number of carbonyl (C=O) groups is 1. The van der Waals surface area contributed by atoms with Crippen LogP contribution < -0.4 is 0 Å². The number of halogens is 1. The Kier molecular flexibility index (Phi) is 5.93. The van der Waals surface area contributed by atoms with Gasteiger partial charge in [-0.25, -0.2) is 9.18 Å². The zero-order valence-corrected chi connectivity index (χ0v) is 16.6. The van der Waals surface area contributed by atoms with E-state index in [1.807, 2.05) is 12.1 Å². The molecule has 3 aromatic carbocycles. The molecular formula is C25H24FNO3. The van der Waals surface area contributed by atoms with Crippen LogP contribution in [0.3, 0.4) is 0 Å². The molecule has 1 heterocycles. The highest BCUT2D eigenvalue weighted by molar-refractivity contribution is 5.85. The van der Waals surface area contributed by atoms with E-state index in [1.54, 1.807) is 60.7 Å². The smallest absolute Gasteiger partial charge is 0.348 e. The van der Waals surface area contributed by atoms with E-state index in [4.69, 9.17) is 4.74 Å². The number of aliphatic hydroxyl groups is 1. The lowest BCUT2D eigenvalue weighted by Gasteiger charge is -2.28. The van der Waals surface area contributed by atoms with Crippen LogP contribution in [0.25, 0.3) is 0 Å². The zero-order valence-electron chi connectivity index (χ0n) is 16.6. The second kappa shape index (κ2) is 8.78. The number of benzene rings is 3. The number of carbonyl (C=O) groups excluding carboxylic acids is 1. The first-order valence-electron chi connectivity index (χ1n) is 10.1. The summed E-state index contributed by atoms with van der Waals surface area (Å²) in [6.07, 6.45) is 0.379. The maximum Gasteiger partial charge on any atom is 0.348 e. The molecule has 1 atom stereocenters. The number of ether oxygens (including phenoxy) is 1. The van der Waals surface area contributed by atoms with Crippen molar-refractivity contribution in [2.45, 2.75) is 24.7 Å². The highest BCUT2D eigenvalue weighted by Crippen LogP contribution is 2.32. The maximum atomic E-state index is 13.2. The van der Waals surface area contributed by atoms with Crippen LogP contribution in [-0.2, 0) is 21.7 Å². The molecule has 1 fully saturated rings. The van der Waals surface area contributed by atoms with Crippen molar-refractivity contribution in [2.75, 3.05) is 13.1 Å². The van der Waals surface area contributed by atoms with Gasteiger partial charge in [0.1, 0.15) is 11.9 Å². The van der Waals surface area contributed by atoms with Crippen LogP contribution in [0.1, 0.15) is 23.1 Å². The SMILES string of the molecule is O=C(O[C@@H]1CCN(Cc2ccc(F)cc2)C1)C(O)(c1ccccc1)c1ccccc1. The fraction of sp³-hybridized carbons (Fsp3) is 0.240. The van der Waals surface area contributed by atoms with E-state index in [9.17, 15) is 14.3 Å². The largest absolute Gasteiger partial charge is 0.458 e. The topological polar surface area (TPSA) is 49.8 Å². The molecule has 0 radical (unpaired) electrons. The minimum Gasteiger partial charge on any atom is -0.458 e. The first-order chi connectivity index (χ1) is 14.6. The van der Waals surface area contributed by atoms with Crippen molar-refractivity contribution in [3.05, 3.63) is 107 Å². The van der Waals surface area contributed by atoms with Crippen LogP contribution in [-0.4, -0.2) is 35.2 Å². The molecule has 1 saturated heterocycles. The molecule has 1 N–H and O–H groups in total. The quantitative estimate of drug-likeness (QED) is 0.633. The Bertz CT molecular complexity index is 937. The van der Waals surface area contributed by atoms with E-state index < -0.39 is 11.6 Å². The van der Waals surface area contributed by atoms with Crippen LogP contribution >= 0.6 is 0 Å². The third kappa shape index (κ3) is 4.27. The van der Waals surface area contributed by atoms with Crippen molar-refractivity contribution >= 4 is 5.97 Å². The van der Waals surface area contributed by atoms with Crippen LogP contribution in [0.2, 0.25) is 0 Å². The van der Waals surface area contributed by atoms with E-state index in [0.29, 0.717) is 30.6 Å². The number of hydrogen-bond acceptors (Lipinski definition) is 4. The highest BCUT2D eigenvalue weighted by Gasteiger charge is 2.43. The van der Waals surface area contributed by atoms with Gasteiger partial charge in [0.2, 0.25) is 5.60 Å². The Morgan fingerprint density at radius 2 is 1.53 bits per heavy atom. The van der Waals surface area contributed by atoms with Crippen molar-refractivity contribution in [3.63, 3.8) is 0 Å². The van der Waals surface area contributed by atoms with Gasteiger partial charge in [0, 0.05) is 19.6 Å². The molecule has 1 aliphatic rings. The average Bonchev–Trinajstić information content (AvgIpc) is 3.22. The maximum absolute atomic E-state index is 13.2. The summed E-state index contributed by atoms with van der Waals surface area (Å²) in [4.78, 5) is 15.4. The van der Waals surface area contributed by atoms with Crippen molar-refractivity contribution in [2.24, 2.45) is 0 Å². The zero-order chi connectivity index (χ0) is 21.0. The summed E-state index contributed by atoms with van der Waals surface area (Å²) < 4.78 is 18.9. The first-order valence-corrected chi connectivity index (χ1v) is 10.1. The number of rotatable bonds is 6. The predicted octanol–water partition coefficient (Wildman–Crippen LogP) is 3.88. The Labute approximate surface area is 175 Å². The van der Waals surface area contributed by atoms with Gasteiger partial charge in [0.15, 0.2) is 0 Å². The van der Waals surface area contributed by atoms with Gasteiger partial charge in [0.25, 0.3) is 0 Å². The van der Waals surface area contributed by atoms with Crippen LogP contribution in [0.15, 0.2) is 84.9 Å². The molecule has 4 nitrogen and oxygen atoms in total. The summed E-state index contributed by atoms with van der Waals surface area (Å²) in [7, 11) is 0. The van der Waals surface area contributed by atoms with Crippen molar-refractivity contribution < 1.29 is 19.0 Å². The normalized spacial score (nSPS) is 17.1. The minimum atomic E-state index is -1.87. The van der Waals surface area contributed by atoms with Gasteiger partial charge in [0.05, 0.1) is 0 Å². The molecule has 0 amide bonds. The molecule has 0 bridgehead atoms. The summed E-state index contributed by atoms with van der Waals surface area (Å²) in [5.41, 5.74) is 0.0885. The van der Waals surface area contributed by atoms with Crippen LogP contribution in [0.5, 0.6) is 0 Å². The minimum absolute atomic E-state index is 0.256. The fourth-order valence-corrected chi connectivity index (χ4v) is 3.88. The van der Waals surface area contributed by atoms with E-state index in [2.05, 4.69) is 4.90 Å². The van der Waals surface area contributed by atoms with Gasteiger partial charge in [-0.05, 0) is 35.2 Å². The van der Waals surface area contributed by atoms with E-state index in [-0.39, 0.29) is 11.9 Å². The Balaban J connectivity index is 1.48. The molecule has 0 spiro atoms. The van der Waals surface area contributed by atoms with E-state index in [1.165, 1.54) is 12.1 Å². The van der Waals surface area contributed by atoms with Crippen LogP contribution in [0, 0.1) is 5.82 Å². The Morgan fingerprint density at radius 1 is 0.967 bits per heavy atom. The fourth-order valence-electron chi connectivity index (χ4n) is 3.88. The summed E-state index contributed by atoms with van der Waals surface area (Å²) >= 11 is 0. The van der Waals surface area contributed by atoms with Crippen molar-refractivity contribution in [3.8, 4) is 0 Å². The van der Waals surface area contributed by atoms with Gasteiger partial charge >= 0.3 is 5.97 Å². The second-order valence-electron chi connectivity index (χ2n) is 7.62. The summed E-state index contributed by atoms with van der Waals surface area (Å²) in [5.74, 6) is -0.929. The molecule has 0 unspecified atom stereocenters. The molecule has 0 aromatic heterocycles. The average molecular weight is 405 g/mol.